The molecule has 0 radical (unpaired) electrons. The molecule has 0 spiro atoms. The zero-order valence-corrected chi connectivity index (χ0v) is 17.5. The Morgan fingerprint density at radius 3 is 2.82 bits per heavy atom. The number of hydrogen-bond acceptors (Lipinski definition) is 6. The second-order valence-corrected chi connectivity index (χ2v) is 8.77. The molecule has 3 aromatic rings. The second kappa shape index (κ2) is 7.97. The molecule has 1 aliphatic rings. The van der Waals surface area contributed by atoms with Crippen molar-refractivity contribution < 1.29 is 4.79 Å². The molecule has 1 N–H and O–H groups in total. The van der Waals surface area contributed by atoms with Crippen LogP contribution in [0.5, 0.6) is 0 Å². The molecule has 0 aliphatic carbocycles. The van der Waals surface area contributed by atoms with Crippen molar-refractivity contribution in [3.63, 3.8) is 0 Å². The monoisotopic (exact) mass is 414 g/mol. The first-order chi connectivity index (χ1) is 13.5. The Labute approximate surface area is 171 Å². The lowest BCUT2D eigenvalue weighted by Gasteiger charge is -2.19. The van der Waals surface area contributed by atoms with Gasteiger partial charge in [0.15, 0.2) is 5.16 Å². The van der Waals surface area contributed by atoms with Crippen LogP contribution in [0.4, 0.5) is 11.4 Å². The van der Waals surface area contributed by atoms with Gasteiger partial charge in [0.05, 0.1) is 11.1 Å². The van der Waals surface area contributed by atoms with E-state index in [4.69, 9.17) is 0 Å². The molecule has 8 heteroatoms. The Morgan fingerprint density at radius 2 is 2.07 bits per heavy atom. The number of fused-ring (bicyclic) bond motifs is 1. The lowest BCUT2D eigenvalue weighted by Crippen LogP contribution is -2.21. The van der Waals surface area contributed by atoms with Gasteiger partial charge in [0, 0.05) is 31.5 Å². The summed E-state index contributed by atoms with van der Waals surface area (Å²) in [6.45, 7) is 4.21. The fourth-order valence-electron chi connectivity index (χ4n) is 3.39. The van der Waals surface area contributed by atoms with Gasteiger partial charge in [-0.05, 0) is 55.0 Å². The van der Waals surface area contributed by atoms with Crippen molar-refractivity contribution in [2.45, 2.75) is 24.9 Å². The normalized spacial score (nSPS) is 14.0. The number of thiophene rings is 1. The summed E-state index contributed by atoms with van der Waals surface area (Å²) in [5, 5.41) is 6.00. The minimum Gasteiger partial charge on any atom is -0.372 e. The van der Waals surface area contributed by atoms with E-state index in [1.807, 2.05) is 18.4 Å². The quantitative estimate of drug-likeness (QED) is 0.510. The molecule has 1 amide bonds. The topological polar surface area (TPSA) is 67.2 Å². The number of benzene rings is 1. The van der Waals surface area contributed by atoms with Crippen molar-refractivity contribution in [1.82, 2.24) is 9.55 Å². The van der Waals surface area contributed by atoms with Gasteiger partial charge in [-0.1, -0.05) is 11.8 Å². The van der Waals surface area contributed by atoms with Gasteiger partial charge in [0.2, 0.25) is 5.91 Å². The number of carbonyl (C=O) groups is 1. The zero-order chi connectivity index (χ0) is 19.7. The van der Waals surface area contributed by atoms with E-state index in [2.05, 4.69) is 27.3 Å². The first-order valence-electron chi connectivity index (χ1n) is 9.25. The maximum Gasteiger partial charge on any atom is 0.262 e. The van der Waals surface area contributed by atoms with Crippen molar-refractivity contribution in [3.8, 4) is 0 Å². The summed E-state index contributed by atoms with van der Waals surface area (Å²) in [4.78, 5) is 32.4. The summed E-state index contributed by atoms with van der Waals surface area (Å²) in [6, 6.07) is 7.95. The summed E-state index contributed by atoms with van der Waals surface area (Å²) in [7, 11) is 1.69. The van der Waals surface area contributed by atoms with Crippen LogP contribution in [-0.4, -0.2) is 34.3 Å². The van der Waals surface area contributed by atoms with Crippen LogP contribution in [0, 0.1) is 6.92 Å². The van der Waals surface area contributed by atoms with Gasteiger partial charge in [-0.25, -0.2) is 4.98 Å². The number of thioether (sulfide) groups is 1. The Kier molecular flexibility index (Phi) is 5.41. The fraction of sp³-hybridized carbons (Fsp3) is 0.350. The molecule has 3 heterocycles. The van der Waals surface area contributed by atoms with E-state index >= 15 is 0 Å². The number of nitrogens with one attached hydrogen (secondary N) is 1. The minimum atomic E-state index is -0.109. The van der Waals surface area contributed by atoms with Gasteiger partial charge in [-0.15, -0.1) is 11.3 Å². The standard InChI is InChI=1S/C20H22N4O2S2/c1-13-11-14(24-8-3-4-9-24)5-6-16(13)21-17(25)12-28-20-22-18-15(7-10-27-18)19(26)23(20)2/h5-7,10-11H,3-4,8-9,12H2,1-2H3,(H,21,25). The molecule has 1 aromatic carbocycles. The van der Waals surface area contributed by atoms with Crippen LogP contribution in [0.25, 0.3) is 10.2 Å². The lowest BCUT2D eigenvalue weighted by atomic mass is 10.1. The minimum absolute atomic E-state index is 0.0810. The third kappa shape index (κ3) is 3.79. The lowest BCUT2D eigenvalue weighted by molar-refractivity contribution is -0.113. The Morgan fingerprint density at radius 1 is 1.29 bits per heavy atom. The Hall–Kier alpha value is -2.32. The molecule has 28 heavy (non-hydrogen) atoms. The molecular formula is C20H22N4O2S2. The number of nitrogens with zero attached hydrogens (tertiary/aromatic N) is 3. The summed E-state index contributed by atoms with van der Waals surface area (Å²) in [5.74, 6) is 0.0901. The van der Waals surface area contributed by atoms with Crippen LogP contribution in [0.15, 0.2) is 39.6 Å². The maximum atomic E-state index is 12.4. The summed E-state index contributed by atoms with van der Waals surface area (Å²) >= 11 is 2.71. The van der Waals surface area contributed by atoms with Crippen molar-refractivity contribution >= 4 is 50.6 Å². The highest BCUT2D eigenvalue weighted by Gasteiger charge is 2.15. The average molecular weight is 415 g/mol. The van der Waals surface area contributed by atoms with E-state index in [0.717, 1.165) is 24.3 Å². The number of carbonyl (C=O) groups excluding carboxylic acids is 1. The molecular weight excluding hydrogens is 392 g/mol. The zero-order valence-electron chi connectivity index (χ0n) is 15.9. The molecule has 1 aliphatic heterocycles. The highest BCUT2D eigenvalue weighted by Crippen LogP contribution is 2.26. The van der Waals surface area contributed by atoms with Gasteiger partial charge in [0.25, 0.3) is 5.56 Å². The van der Waals surface area contributed by atoms with Crippen molar-refractivity contribution in [3.05, 3.63) is 45.6 Å². The SMILES string of the molecule is Cc1cc(N2CCCC2)ccc1NC(=O)CSc1nc2sccc2c(=O)n1C. The largest absolute Gasteiger partial charge is 0.372 e. The molecule has 0 unspecified atom stereocenters. The molecule has 2 aromatic heterocycles. The van der Waals surface area contributed by atoms with Crippen molar-refractivity contribution in [2.75, 3.05) is 29.1 Å². The van der Waals surface area contributed by atoms with Crippen molar-refractivity contribution in [2.24, 2.45) is 7.05 Å². The summed E-state index contributed by atoms with van der Waals surface area (Å²) in [6.07, 6.45) is 2.48. The van der Waals surface area contributed by atoms with Crippen molar-refractivity contribution in [1.29, 1.82) is 0 Å². The molecule has 4 rings (SSSR count). The first kappa shape index (κ1) is 19.0. The van der Waals surface area contributed by atoms with E-state index < -0.39 is 0 Å². The predicted molar refractivity (Wildman–Crippen MR) is 117 cm³/mol. The Bertz CT molecular complexity index is 1080. The number of hydrogen-bond donors (Lipinski definition) is 1. The molecule has 146 valence electrons. The average Bonchev–Trinajstić information content (AvgIpc) is 3.37. The van der Waals surface area contributed by atoms with Gasteiger partial charge in [-0.3, -0.25) is 14.2 Å². The van der Waals surface area contributed by atoms with Crippen LogP contribution >= 0.6 is 23.1 Å². The fourth-order valence-corrected chi connectivity index (χ4v) is 4.96. The predicted octanol–water partition coefficient (Wildman–Crippen LogP) is 3.63. The second-order valence-electron chi connectivity index (χ2n) is 6.93. The highest BCUT2D eigenvalue weighted by molar-refractivity contribution is 7.99. The number of anilines is 2. The molecule has 1 saturated heterocycles. The first-order valence-corrected chi connectivity index (χ1v) is 11.1. The van der Waals surface area contributed by atoms with Crippen LogP contribution in [0.1, 0.15) is 18.4 Å². The van der Waals surface area contributed by atoms with Gasteiger partial charge < -0.3 is 10.2 Å². The van der Waals surface area contributed by atoms with E-state index in [1.165, 1.54) is 46.2 Å². The number of aryl methyl sites for hydroxylation is 1. The molecule has 0 saturated carbocycles. The molecule has 0 bridgehead atoms. The number of aromatic nitrogens is 2. The molecule has 6 nitrogen and oxygen atoms in total. The van der Waals surface area contributed by atoms with Gasteiger partial charge >= 0.3 is 0 Å². The maximum absolute atomic E-state index is 12.4. The highest BCUT2D eigenvalue weighted by atomic mass is 32.2. The van der Waals surface area contributed by atoms with E-state index in [-0.39, 0.29) is 17.2 Å². The van der Waals surface area contributed by atoms with Gasteiger partial charge in [-0.2, -0.15) is 0 Å². The Balaban J connectivity index is 1.42. The summed E-state index contributed by atoms with van der Waals surface area (Å²) < 4.78 is 1.50. The van der Waals surface area contributed by atoms with Crippen LogP contribution in [0.2, 0.25) is 0 Å². The summed E-state index contributed by atoms with van der Waals surface area (Å²) in [5.41, 5.74) is 3.01. The van der Waals surface area contributed by atoms with Gasteiger partial charge in [0.1, 0.15) is 4.83 Å². The third-order valence-electron chi connectivity index (χ3n) is 4.95. The van der Waals surface area contributed by atoms with Crippen LogP contribution < -0.4 is 15.8 Å². The van der Waals surface area contributed by atoms with E-state index in [1.54, 1.807) is 13.1 Å². The number of rotatable bonds is 5. The number of amides is 1. The molecule has 1 fully saturated rings. The molecule has 0 atom stereocenters. The van der Waals surface area contributed by atoms with E-state index in [0.29, 0.717) is 15.4 Å². The van der Waals surface area contributed by atoms with Crippen LogP contribution in [-0.2, 0) is 11.8 Å². The van der Waals surface area contributed by atoms with Crippen LogP contribution in [0.3, 0.4) is 0 Å². The third-order valence-corrected chi connectivity index (χ3v) is 6.79. The smallest absolute Gasteiger partial charge is 0.262 e. The van der Waals surface area contributed by atoms with E-state index in [9.17, 15) is 9.59 Å².